The van der Waals surface area contributed by atoms with Crippen molar-refractivity contribution >= 4 is 75.3 Å². The molecular formula is C17H17N8NaO7S3. The van der Waals surface area contributed by atoms with Crippen molar-refractivity contribution in [1.29, 1.82) is 0 Å². The van der Waals surface area contributed by atoms with Crippen LogP contribution in [0.1, 0.15) is 5.69 Å². The van der Waals surface area contributed by atoms with Gasteiger partial charge in [0.05, 0.1) is 11.7 Å². The number of hydrogen-bond donors (Lipinski definition) is 5. The second kappa shape index (κ2) is 11.4. The molecule has 4 rings (SSSR count). The molecule has 3 atom stereocenters. The first-order chi connectivity index (χ1) is 16.6. The number of anilines is 1. The van der Waals surface area contributed by atoms with E-state index < -0.39 is 52.2 Å². The number of rotatable bonds is 7. The van der Waals surface area contributed by atoms with Gasteiger partial charge in [0.2, 0.25) is 0 Å². The third-order valence-electron chi connectivity index (χ3n) is 5.11. The molecule has 6 N–H and O–H groups in total. The number of thioether (sulfide) groups is 2. The zero-order valence-corrected chi connectivity index (χ0v) is 23.2. The van der Waals surface area contributed by atoms with E-state index in [0.29, 0.717) is 5.57 Å². The molecule has 36 heavy (non-hydrogen) atoms. The zero-order valence-electron chi connectivity index (χ0n) is 18.7. The number of oxime groups is 1. The van der Waals surface area contributed by atoms with Gasteiger partial charge in [-0.25, -0.2) is 4.98 Å². The molecule has 0 radical (unpaired) electrons. The third kappa shape index (κ3) is 5.34. The average molecular weight is 565 g/mol. The summed E-state index contributed by atoms with van der Waals surface area (Å²) in [6, 6.07) is -1.07. The minimum absolute atomic E-state index is 0. The number of carboxylic acid groups (broad SMARTS) is 1. The molecule has 0 spiro atoms. The van der Waals surface area contributed by atoms with Gasteiger partial charge in [-0.2, -0.15) is 5.01 Å². The number of hydrazine groups is 1. The maximum absolute atomic E-state index is 12.8. The van der Waals surface area contributed by atoms with Crippen molar-refractivity contribution in [2.75, 3.05) is 24.3 Å². The van der Waals surface area contributed by atoms with Gasteiger partial charge in [-0.3, -0.25) is 29.5 Å². The van der Waals surface area contributed by atoms with Crippen LogP contribution in [0.25, 0.3) is 0 Å². The minimum atomic E-state index is -1.56. The van der Waals surface area contributed by atoms with Gasteiger partial charge in [-0.05, 0) is 5.57 Å². The number of β-lactam (4-membered cyclic amide) rings is 1. The van der Waals surface area contributed by atoms with Crippen LogP contribution in [0.3, 0.4) is 0 Å². The van der Waals surface area contributed by atoms with Crippen molar-refractivity contribution in [2.45, 2.75) is 16.9 Å². The van der Waals surface area contributed by atoms with E-state index >= 15 is 0 Å². The van der Waals surface area contributed by atoms with Crippen LogP contribution in [0.4, 0.5) is 5.13 Å². The van der Waals surface area contributed by atoms with Crippen molar-refractivity contribution in [3.05, 3.63) is 22.3 Å². The number of aliphatic carboxylic acids is 1. The molecule has 186 valence electrons. The van der Waals surface area contributed by atoms with E-state index in [-0.39, 0.29) is 57.6 Å². The molecular weight excluding hydrogens is 547 g/mol. The summed E-state index contributed by atoms with van der Waals surface area (Å²) in [5.74, 6) is -4.44. The Kier molecular flexibility index (Phi) is 8.91. The molecule has 3 aliphatic heterocycles. The number of thiazole rings is 1. The Morgan fingerprint density at radius 3 is 2.72 bits per heavy atom. The van der Waals surface area contributed by atoms with E-state index in [2.05, 4.69) is 26.2 Å². The van der Waals surface area contributed by atoms with E-state index in [0.717, 1.165) is 28.0 Å². The van der Waals surface area contributed by atoms with Gasteiger partial charge in [0.1, 0.15) is 22.6 Å². The van der Waals surface area contributed by atoms with Gasteiger partial charge in [0, 0.05) is 23.9 Å². The van der Waals surface area contributed by atoms with E-state index in [4.69, 9.17) is 5.73 Å². The maximum atomic E-state index is 12.8. The summed E-state index contributed by atoms with van der Waals surface area (Å²) in [6.07, 6.45) is 0. The first-order valence-electron chi connectivity index (χ1n) is 9.70. The topological polar surface area (TPSA) is 222 Å². The Hall–Kier alpha value is -2.35. The quantitative estimate of drug-likeness (QED) is 0.0521. The van der Waals surface area contributed by atoms with Crippen LogP contribution in [0.15, 0.2) is 21.8 Å². The maximum Gasteiger partial charge on any atom is 1.00 e. The number of carboxylic acids is 1. The largest absolute Gasteiger partial charge is 1.00 e. The fourth-order valence-corrected chi connectivity index (χ4v) is 6.57. The number of carbonyl (C=O) groups is 5. The first-order valence-corrected chi connectivity index (χ1v) is 12.7. The van der Waals surface area contributed by atoms with Crippen LogP contribution >= 0.6 is 34.9 Å². The number of fused-ring (bicyclic) bond motifs is 1. The summed E-state index contributed by atoms with van der Waals surface area (Å²) in [6.45, 7) is 0. The van der Waals surface area contributed by atoms with Crippen LogP contribution in [-0.2, 0) is 24.0 Å². The van der Waals surface area contributed by atoms with Gasteiger partial charge < -0.3 is 31.5 Å². The number of hydrogen-bond acceptors (Lipinski definition) is 14. The Labute approximate surface area is 237 Å². The fourth-order valence-electron chi connectivity index (χ4n) is 3.48. The van der Waals surface area contributed by atoms with Crippen molar-refractivity contribution in [3.8, 4) is 0 Å². The number of amides is 4. The summed E-state index contributed by atoms with van der Waals surface area (Å²) in [5, 5.41) is 31.2. The second-order valence-corrected chi connectivity index (χ2v) is 10.4. The monoisotopic (exact) mass is 564 g/mol. The van der Waals surface area contributed by atoms with Crippen molar-refractivity contribution in [3.63, 3.8) is 0 Å². The summed E-state index contributed by atoms with van der Waals surface area (Å²) in [7, 11) is 1.53. The average Bonchev–Trinajstić information content (AvgIpc) is 3.24. The number of nitrogens with one attached hydrogen (secondary N) is 3. The van der Waals surface area contributed by atoms with Gasteiger partial charge in [-0.15, -0.1) is 34.9 Å². The molecule has 4 heterocycles. The Morgan fingerprint density at radius 2 is 2.11 bits per heavy atom. The van der Waals surface area contributed by atoms with Crippen LogP contribution in [0.5, 0.6) is 0 Å². The van der Waals surface area contributed by atoms with Gasteiger partial charge >= 0.3 is 41.4 Å². The van der Waals surface area contributed by atoms with E-state index in [1.807, 2.05) is 0 Å². The molecule has 15 nitrogen and oxygen atoms in total. The first kappa shape index (κ1) is 28.2. The SMILES string of the molecule is CN1NC(=O)C(=O)NC1SCC1=C(C(=O)[O-])N2C(=O)C(NC(=O)C(=NO)c3csc(N)n3)C2SC1.[Na+]. The number of nitrogen functional groups attached to an aromatic ring is 1. The Morgan fingerprint density at radius 1 is 1.39 bits per heavy atom. The Balaban J connectivity index is 0.00000361. The predicted molar refractivity (Wildman–Crippen MR) is 122 cm³/mol. The van der Waals surface area contributed by atoms with Crippen LogP contribution in [-0.4, -0.2) is 90.9 Å². The third-order valence-corrected chi connectivity index (χ3v) is 8.39. The Bertz CT molecular complexity index is 1190. The molecule has 3 aliphatic rings. The smallest absolute Gasteiger partial charge is 0.543 e. The summed E-state index contributed by atoms with van der Waals surface area (Å²) in [4.78, 5) is 65.2. The summed E-state index contributed by atoms with van der Waals surface area (Å²) < 4.78 is 0. The molecule has 0 aromatic carbocycles. The number of nitrogens with zero attached hydrogens (tertiary/aromatic N) is 4. The molecule has 0 aliphatic carbocycles. The molecule has 1 aromatic heterocycles. The molecule has 2 fully saturated rings. The molecule has 0 saturated carbocycles. The summed E-state index contributed by atoms with van der Waals surface area (Å²) >= 11 is 3.39. The molecule has 0 bridgehead atoms. The van der Waals surface area contributed by atoms with Crippen LogP contribution in [0.2, 0.25) is 0 Å². The molecule has 1 aromatic rings. The normalized spacial score (nSPS) is 24.2. The number of aromatic nitrogens is 1. The summed E-state index contributed by atoms with van der Waals surface area (Å²) in [5.41, 5.74) is 6.88. The fraction of sp³-hybridized carbons (Fsp3) is 0.353. The van der Waals surface area contributed by atoms with E-state index in [1.165, 1.54) is 29.2 Å². The minimum Gasteiger partial charge on any atom is -0.543 e. The number of carbonyl (C=O) groups excluding carboxylic acids is 5. The van der Waals surface area contributed by atoms with Gasteiger partial charge in [-0.1, -0.05) is 5.16 Å². The molecule has 2 saturated heterocycles. The molecule has 19 heteroatoms. The van der Waals surface area contributed by atoms with E-state index in [9.17, 15) is 34.3 Å². The van der Waals surface area contributed by atoms with Gasteiger partial charge in [0.15, 0.2) is 10.8 Å². The number of nitrogens with two attached hydrogens (primary N) is 1. The van der Waals surface area contributed by atoms with Crippen molar-refractivity contribution in [1.82, 2.24) is 31.0 Å². The zero-order chi connectivity index (χ0) is 25.4. The predicted octanol–water partition coefficient (Wildman–Crippen LogP) is -6.58. The molecule has 4 amide bonds. The van der Waals surface area contributed by atoms with Crippen LogP contribution < -0.4 is 56.5 Å². The van der Waals surface area contributed by atoms with Gasteiger partial charge in [0.25, 0.3) is 11.8 Å². The van der Waals surface area contributed by atoms with E-state index in [1.54, 1.807) is 0 Å². The standard InChI is InChI=1S/C17H18N8O7S3.Na/c1-24-17(21-11(27)12(28)22-24)35-3-5-2-33-14-8(13(29)25(14)9(5)15(30)31)20-10(26)7(23-32)6-4-34-16(18)19-6;/h4,8,14,17,32H,2-3H2,1H3,(H2,18,19)(H,20,26)(H,21,27)(H,22,28)(H,30,31);/q;+1/p-1. The van der Waals surface area contributed by atoms with Crippen molar-refractivity contribution in [2.24, 2.45) is 5.16 Å². The van der Waals surface area contributed by atoms with Crippen LogP contribution in [0, 0.1) is 0 Å². The van der Waals surface area contributed by atoms with Crippen molar-refractivity contribution < 1.29 is 63.8 Å². The second-order valence-electron chi connectivity index (χ2n) is 7.31. The molecule has 3 unspecified atom stereocenters.